The van der Waals surface area contributed by atoms with Crippen molar-refractivity contribution in [2.75, 3.05) is 24.4 Å². The molecule has 0 radical (unpaired) electrons. The van der Waals surface area contributed by atoms with Gasteiger partial charge in [0.1, 0.15) is 0 Å². The zero-order valence-electron chi connectivity index (χ0n) is 9.10. The molecule has 1 fully saturated rings. The minimum Gasteiger partial charge on any atom is -0.254 e. The maximum Gasteiger partial charge on any atom is 0.303 e. The number of aromatic nitrogens is 1. The van der Waals surface area contributed by atoms with Crippen LogP contribution in [0.5, 0.6) is 0 Å². The van der Waals surface area contributed by atoms with E-state index < -0.39 is 10.2 Å². The van der Waals surface area contributed by atoms with Gasteiger partial charge in [-0.2, -0.15) is 12.7 Å². The minimum absolute atomic E-state index is 0.187. The van der Waals surface area contributed by atoms with Gasteiger partial charge in [0.2, 0.25) is 0 Å². The first-order valence-corrected chi connectivity index (χ1v) is 7.55. The van der Waals surface area contributed by atoms with E-state index in [0.29, 0.717) is 23.2 Å². The van der Waals surface area contributed by atoms with Gasteiger partial charge in [-0.15, -0.1) is 0 Å². The Morgan fingerprint density at radius 1 is 1.47 bits per heavy atom. The number of nitrogens with zero attached hydrogens (tertiary/aromatic N) is 3. The SMILES string of the molecule is CN1CCCN(c2cc(Br)cnc2Cl)S1(=O)=O. The maximum atomic E-state index is 12.1. The molecule has 2 rings (SSSR count). The standard InChI is InChI=1S/C9H11BrClN3O2S/c1-13-3-2-4-14(17(13,15)16)8-5-7(10)6-12-9(8)11/h5-6H,2-4H2,1H3. The van der Waals surface area contributed by atoms with E-state index in [2.05, 4.69) is 20.9 Å². The number of hydrogen-bond acceptors (Lipinski definition) is 3. The van der Waals surface area contributed by atoms with E-state index in [9.17, 15) is 8.42 Å². The van der Waals surface area contributed by atoms with Gasteiger partial charge in [0, 0.05) is 30.8 Å². The van der Waals surface area contributed by atoms with E-state index in [4.69, 9.17) is 11.6 Å². The minimum atomic E-state index is -3.47. The van der Waals surface area contributed by atoms with Crippen molar-refractivity contribution >= 4 is 43.4 Å². The summed E-state index contributed by atoms with van der Waals surface area (Å²) in [6.07, 6.45) is 2.30. The van der Waals surface area contributed by atoms with Crippen LogP contribution in [0.15, 0.2) is 16.7 Å². The summed E-state index contributed by atoms with van der Waals surface area (Å²) < 4.78 is 27.6. The van der Waals surface area contributed by atoms with Crippen LogP contribution in [-0.4, -0.2) is 37.8 Å². The number of anilines is 1. The summed E-state index contributed by atoms with van der Waals surface area (Å²) in [6.45, 7) is 0.947. The van der Waals surface area contributed by atoms with Crippen molar-refractivity contribution in [3.8, 4) is 0 Å². The molecule has 94 valence electrons. The predicted molar refractivity (Wildman–Crippen MR) is 70.5 cm³/mol. The Labute approximate surface area is 114 Å². The molecule has 1 aromatic heterocycles. The fourth-order valence-electron chi connectivity index (χ4n) is 1.67. The van der Waals surface area contributed by atoms with E-state index in [1.54, 1.807) is 13.1 Å². The van der Waals surface area contributed by atoms with Gasteiger partial charge in [-0.25, -0.2) is 4.98 Å². The zero-order chi connectivity index (χ0) is 12.6. The van der Waals surface area contributed by atoms with Crippen LogP contribution in [0.25, 0.3) is 0 Å². The van der Waals surface area contributed by atoms with Crippen LogP contribution in [0.3, 0.4) is 0 Å². The Kier molecular flexibility index (Phi) is 3.63. The molecule has 0 spiro atoms. The van der Waals surface area contributed by atoms with Crippen LogP contribution < -0.4 is 4.31 Å². The number of pyridine rings is 1. The fraction of sp³-hybridized carbons (Fsp3) is 0.444. The molecule has 5 nitrogen and oxygen atoms in total. The number of halogens is 2. The molecule has 0 aromatic carbocycles. The second-order valence-electron chi connectivity index (χ2n) is 3.72. The lowest BCUT2D eigenvalue weighted by atomic mass is 10.3. The number of rotatable bonds is 1. The summed E-state index contributed by atoms with van der Waals surface area (Å²) in [5.74, 6) is 0. The normalized spacial score (nSPS) is 20.5. The molecule has 0 bridgehead atoms. The van der Waals surface area contributed by atoms with Crippen molar-refractivity contribution in [1.82, 2.24) is 9.29 Å². The summed E-state index contributed by atoms with van der Waals surface area (Å²) >= 11 is 9.21. The third kappa shape index (κ3) is 2.42. The average molecular weight is 341 g/mol. The first-order valence-electron chi connectivity index (χ1n) is 4.98. The van der Waals surface area contributed by atoms with Crippen LogP contribution in [0.1, 0.15) is 6.42 Å². The second kappa shape index (κ2) is 4.72. The second-order valence-corrected chi connectivity index (χ2v) is 6.95. The van der Waals surface area contributed by atoms with Crippen molar-refractivity contribution in [2.45, 2.75) is 6.42 Å². The van der Waals surface area contributed by atoms with Crippen molar-refractivity contribution in [3.05, 3.63) is 21.9 Å². The molecule has 1 aliphatic heterocycles. The highest BCUT2D eigenvalue weighted by Crippen LogP contribution is 2.31. The van der Waals surface area contributed by atoms with Crippen LogP contribution in [0.2, 0.25) is 5.15 Å². The quantitative estimate of drug-likeness (QED) is 0.734. The topological polar surface area (TPSA) is 53.5 Å². The molecule has 2 heterocycles. The highest BCUT2D eigenvalue weighted by atomic mass is 79.9. The van der Waals surface area contributed by atoms with Gasteiger partial charge in [0.15, 0.2) is 5.15 Å². The largest absolute Gasteiger partial charge is 0.303 e. The van der Waals surface area contributed by atoms with E-state index in [1.165, 1.54) is 14.8 Å². The third-order valence-electron chi connectivity index (χ3n) is 2.56. The Morgan fingerprint density at radius 2 is 2.18 bits per heavy atom. The molecular formula is C9H11BrClN3O2S. The molecule has 0 atom stereocenters. The lowest BCUT2D eigenvalue weighted by Gasteiger charge is -2.33. The lowest BCUT2D eigenvalue weighted by molar-refractivity contribution is 0.438. The Morgan fingerprint density at radius 3 is 2.88 bits per heavy atom. The van der Waals surface area contributed by atoms with Crippen molar-refractivity contribution in [3.63, 3.8) is 0 Å². The highest BCUT2D eigenvalue weighted by molar-refractivity contribution is 9.10. The Hall–Kier alpha value is -0.370. The van der Waals surface area contributed by atoms with Crippen molar-refractivity contribution in [1.29, 1.82) is 0 Å². The molecule has 1 aliphatic rings. The Bertz CT molecular complexity index is 537. The van der Waals surface area contributed by atoms with Gasteiger partial charge in [0.25, 0.3) is 0 Å². The highest BCUT2D eigenvalue weighted by Gasteiger charge is 2.32. The van der Waals surface area contributed by atoms with E-state index >= 15 is 0 Å². The first kappa shape index (κ1) is 13.1. The summed E-state index contributed by atoms with van der Waals surface area (Å²) in [7, 11) is -1.92. The molecule has 1 saturated heterocycles. The molecule has 0 amide bonds. The molecule has 0 N–H and O–H groups in total. The molecule has 0 unspecified atom stereocenters. The van der Waals surface area contributed by atoms with Crippen LogP contribution in [-0.2, 0) is 10.2 Å². The summed E-state index contributed by atoms with van der Waals surface area (Å²) in [6, 6.07) is 1.66. The van der Waals surface area contributed by atoms with E-state index in [0.717, 1.165) is 6.42 Å². The van der Waals surface area contributed by atoms with Gasteiger partial charge in [-0.3, -0.25) is 4.31 Å². The molecule has 0 saturated carbocycles. The van der Waals surface area contributed by atoms with Gasteiger partial charge < -0.3 is 0 Å². The monoisotopic (exact) mass is 339 g/mol. The van der Waals surface area contributed by atoms with Crippen LogP contribution >= 0.6 is 27.5 Å². The van der Waals surface area contributed by atoms with Crippen LogP contribution in [0, 0.1) is 0 Å². The molecular weight excluding hydrogens is 330 g/mol. The van der Waals surface area contributed by atoms with Gasteiger partial charge >= 0.3 is 10.2 Å². The summed E-state index contributed by atoms with van der Waals surface area (Å²) in [4.78, 5) is 3.94. The molecule has 1 aromatic rings. The zero-order valence-corrected chi connectivity index (χ0v) is 12.3. The van der Waals surface area contributed by atoms with E-state index in [-0.39, 0.29) is 5.15 Å². The van der Waals surface area contributed by atoms with Gasteiger partial charge in [0.05, 0.1) is 5.69 Å². The van der Waals surface area contributed by atoms with Crippen molar-refractivity contribution < 1.29 is 8.42 Å². The third-order valence-corrected chi connectivity index (χ3v) is 5.19. The van der Waals surface area contributed by atoms with E-state index in [1.807, 2.05) is 0 Å². The molecule has 8 heteroatoms. The molecule has 0 aliphatic carbocycles. The fourth-order valence-corrected chi connectivity index (χ4v) is 3.69. The van der Waals surface area contributed by atoms with Gasteiger partial charge in [-0.05, 0) is 28.4 Å². The molecule has 17 heavy (non-hydrogen) atoms. The first-order chi connectivity index (χ1) is 7.93. The van der Waals surface area contributed by atoms with Gasteiger partial charge in [-0.1, -0.05) is 11.6 Å². The predicted octanol–water partition coefficient (Wildman–Crippen LogP) is 1.88. The average Bonchev–Trinajstić information content (AvgIpc) is 2.26. The Balaban J connectivity index is 2.49. The lowest BCUT2D eigenvalue weighted by Crippen LogP contribution is -2.48. The van der Waals surface area contributed by atoms with Crippen molar-refractivity contribution in [2.24, 2.45) is 0 Å². The maximum absolute atomic E-state index is 12.1. The number of hydrogen-bond donors (Lipinski definition) is 0. The van der Waals surface area contributed by atoms with Crippen LogP contribution in [0.4, 0.5) is 5.69 Å². The summed E-state index contributed by atoms with van der Waals surface area (Å²) in [5, 5.41) is 0.187. The summed E-state index contributed by atoms with van der Waals surface area (Å²) in [5.41, 5.74) is 0.410. The smallest absolute Gasteiger partial charge is 0.254 e.